The summed E-state index contributed by atoms with van der Waals surface area (Å²) in [5, 5.41) is 0. The monoisotopic (exact) mass is 514 g/mol. The van der Waals surface area contributed by atoms with E-state index in [2.05, 4.69) is 114 Å². The van der Waals surface area contributed by atoms with E-state index in [1.807, 2.05) is 0 Å². The normalized spacial score (nSPS) is 14.3. The van der Waals surface area contributed by atoms with Gasteiger partial charge in [-0.3, -0.25) is 4.79 Å². The molecule has 0 spiro atoms. The maximum Gasteiger partial charge on any atom is 0.298 e. The van der Waals surface area contributed by atoms with Crippen molar-refractivity contribution >= 4 is 15.5 Å². The molecule has 5 heteroatoms. The molecule has 0 radical (unpaired) electrons. The average molecular weight is 515 g/mol. The van der Waals surface area contributed by atoms with Crippen LogP contribution in [0.4, 0.5) is 0 Å². The number of hydrogen-bond donors (Lipinski definition) is 1. The Labute approximate surface area is 221 Å². The van der Waals surface area contributed by atoms with Crippen LogP contribution in [0.1, 0.15) is 129 Å². The highest BCUT2D eigenvalue weighted by atomic mass is 31.1. The lowest BCUT2D eigenvalue weighted by Gasteiger charge is -2.32. The molecule has 0 amide bonds. The summed E-state index contributed by atoms with van der Waals surface area (Å²) in [5.74, 6) is 1.16. The molecule has 200 valence electrons. The van der Waals surface area contributed by atoms with Crippen molar-refractivity contribution in [2.75, 3.05) is 0 Å². The predicted molar refractivity (Wildman–Crippen MR) is 153 cm³/mol. The van der Waals surface area contributed by atoms with Crippen molar-refractivity contribution in [3.8, 4) is 11.5 Å². The molecule has 0 aliphatic rings. The third-order valence-electron chi connectivity index (χ3n) is 6.83. The van der Waals surface area contributed by atoms with Gasteiger partial charge in [-0.2, -0.15) is 0 Å². The molecule has 0 saturated carbocycles. The lowest BCUT2D eigenvalue weighted by atomic mass is 9.74. The second-order valence-electron chi connectivity index (χ2n) is 14.0. The Morgan fingerprint density at radius 1 is 0.694 bits per heavy atom. The summed E-state index contributed by atoms with van der Waals surface area (Å²) in [6, 6.07) is 8.75. The van der Waals surface area contributed by atoms with Gasteiger partial charge in [0.25, 0.3) is 6.47 Å². The molecule has 4 nitrogen and oxygen atoms in total. The van der Waals surface area contributed by atoms with Gasteiger partial charge in [0.2, 0.25) is 9.03 Å². The minimum atomic E-state index is -0.672. The largest absolute Gasteiger partial charge is 0.449 e. The summed E-state index contributed by atoms with van der Waals surface area (Å²) in [7, 11) is -0.672. The molecular formula is C31H47O4P. The second kappa shape index (κ2) is 10.5. The van der Waals surface area contributed by atoms with Crippen LogP contribution < -0.4 is 9.26 Å². The molecule has 0 heterocycles. The summed E-state index contributed by atoms with van der Waals surface area (Å²) in [5.41, 5.74) is 5.75. The first-order chi connectivity index (χ1) is 16.2. The third-order valence-corrected chi connectivity index (χ3v) is 7.13. The quantitative estimate of drug-likeness (QED) is 0.310. The zero-order chi connectivity index (χ0) is 27.9. The average Bonchev–Trinajstić information content (AvgIpc) is 2.70. The molecular weight excluding hydrogens is 467 g/mol. The van der Waals surface area contributed by atoms with Crippen molar-refractivity contribution in [1.82, 2.24) is 0 Å². The van der Waals surface area contributed by atoms with Crippen LogP contribution >= 0.6 is 9.03 Å². The van der Waals surface area contributed by atoms with E-state index < -0.39 is 9.03 Å². The van der Waals surface area contributed by atoms with Gasteiger partial charge in [-0.1, -0.05) is 114 Å². The summed E-state index contributed by atoms with van der Waals surface area (Å²) in [4.78, 5) is 21.6. The third kappa shape index (κ3) is 6.69. The second-order valence-corrected chi connectivity index (χ2v) is 14.4. The van der Waals surface area contributed by atoms with Crippen LogP contribution in [-0.4, -0.2) is 11.4 Å². The Morgan fingerprint density at radius 3 is 1.42 bits per heavy atom. The molecule has 36 heavy (non-hydrogen) atoms. The van der Waals surface area contributed by atoms with Gasteiger partial charge in [0.05, 0.1) is 0 Å². The van der Waals surface area contributed by atoms with Crippen LogP contribution in [0.15, 0.2) is 24.3 Å². The molecule has 0 aliphatic heterocycles. The fraction of sp³-hybridized carbons (Fsp3) is 0.581. The molecule has 0 saturated heterocycles. The van der Waals surface area contributed by atoms with Gasteiger partial charge in [-0.25, -0.2) is 0 Å². The van der Waals surface area contributed by atoms with E-state index in [1.54, 1.807) is 0 Å². The molecule has 2 atom stereocenters. The molecule has 2 unspecified atom stereocenters. The number of rotatable bonds is 6. The Morgan fingerprint density at radius 2 is 1.08 bits per heavy atom. The van der Waals surface area contributed by atoms with E-state index in [-0.39, 0.29) is 27.6 Å². The smallest absolute Gasteiger partial charge is 0.298 e. The maximum atomic E-state index is 11.7. The highest BCUT2D eigenvalue weighted by Gasteiger charge is 2.32. The van der Waals surface area contributed by atoms with Crippen LogP contribution in [0, 0.1) is 0 Å². The lowest BCUT2D eigenvalue weighted by molar-refractivity contribution is -0.120. The maximum absolute atomic E-state index is 11.7. The minimum absolute atomic E-state index is 0.0829. The number of carbonyl (C=O) groups is 1. The molecule has 0 fully saturated rings. The SMILES string of the molecule is CC(c1cc(C(C)(C)C)cc(C(C)(C)C)c1OC=O)c1cc(C(C)(C)C)cc(C(C)(C)C)c1OPO. The fourth-order valence-corrected chi connectivity index (χ4v) is 4.75. The van der Waals surface area contributed by atoms with Crippen LogP contribution in [-0.2, 0) is 26.5 Å². The summed E-state index contributed by atoms with van der Waals surface area (Å²) < 4.78 is 11.7. The standard InChI is InChI=1S/C31H47O4P/c1-19(22-14-20(28(2,3)4)16-24(30(8,9)10)26(22)34-18-32)23-15-21(29(5,6)7)17-25(31(11,12)13)27(23)35-36-33/h14-19,33,36H,1-13H3. The fourth-order valence-electron chi connectivity index (χ4n) is 4.43. The first-order valence-corrected chi connectivity index (χ1v) is 13.6. The molecule has 0 bridgehead atoms. The topological polar surface area (TPSA) is 55.8 Å². The van der Waals surface area contributed by atoms with Gasteiger partial charge in [-0.15, -0.1) is 0 Å². The molecule has 0 aliphatic carbocycles. The van der Waals surface area contributed by atoms with E-state index in [9.17, 15) is 9.69 Å². The van der Waals surface area contributed by atoms with Gasteiger partial charge in [0, 0.05) is 28.2 Å². The number of benzene rings is 2. The Hall–Kier alpha value is -1.90. The van der Waals surface area contributed by atoms with Gasteiger partial charge < -0.3 is 14.2 Å². The summed E-state index contributed by atoms with van der Waals surface area (Å²) >= 11 is 0. The van der Waals surface area contributed by atoms with Crippen LogP contribution in [0.2, 0.25) is 0 Å². The number of ether oxygens (including phenoxy) is 1. The van der Waals surface area contributed by atoms with Gasteiger partial charge in [0.15, 0.2) is 0 Å². The minimum Gasteiger partial charge on any atom is -0.449 e. The van der Waals surface area contributed by atoms with E-state index in [4.69, 9.17) is 9.26 Å². The number of hydrogen-bond acceptors (Lipinski definition) is 4. The van der Waals surface area contributed by atoms with Gasteiger partial charge in [0.1, 0.15) is 11.5 Å². The van der Waals surface area contributed by atoms with Crippen molar-refractivity contribution in [3.63, 3.8) is 0 Å². The lowest BCUT2D eigenvalue weighted by Crippen LogP contribution is -2.21. The zero-order valence-electron chi connectivity index (χ0n) is 24.6. The van der Waals surface area contributed by atoms with E-state index in [0.29, 0.717) is 18.0 Å². The van der Waals surface area contributed by atoms with E-state index >= 15 is 0 Å². The summed E-state index contributed by atoms with van der Waals surface area (Å²) in [6.45, 7) is 28.8. The van der Waals surface area contributed by atoms with Gasteiger partial charge in [-0.05, 0) is 32.8 Å². The van der Waals surface area contributed by atoms with Crippen molar-refractivity contribution in [3.05, 3.63) is 57.6 Å². The van der Waals surface area contributed by atoms with Crippen molar-refractivity contribution < 1.29 is 18.9 Å². The van der Waals surface area contributed by atoms with Crippen molar-refractivity contribution in [2.24, 2.45) is 0 Å². The summed E-state index contributed by atoms with van der Waals surface area (Å²) in [6.07, 6.45) is 0. The van der Waals surface area contributed by atoms with Crippen molar-refractivity contribution in [1.29, 1.82) is 0 Å². The Bertz CT molecular complexity index is 1090. The molecule has 2 rings (SSSR count). The zero-order valence-corrected chi connectivity index (χ0v) is 25.6. The molecule has 0 aromatic heterocycles. The highest BCUT2D eigenvalue weighted by molar-refractivity contribution is 7.25. The van der Waals surface area contributed by atoms with Crippen molar-refractivity contribution in [2.45, 2.75) is 118 Å². The van der Waals surface area contributed by atoms with Gasteiger partial charge >= 0.3 is 0 Å². The first kappa shape index (κ1) is 30.3. The van der Waals surface area contributed by atoms with E-state index in [0.717, 1.165) is 22.3 Å². The highest BCUT2D eigenvalue weighted by Crippen LogP contribution is 2.48. The van der Waals surface area contributed by atoms with E-state index in [1.165, 1.54) is 11.1 Å². The van der Waals surface area contributed by atoms with Crippen LogP contribution in [0.3, 0.4) is 0 Å². The van der Waals surface area contributed by atoms with Crippen LogP contribution in [0.5, 0.6) is 11.5 Å². The Balaban J connectivity index is 3.05. The number of carbonyl (C=O) groups excluding carboxylic acids is 1. The van der Waals surface area contributed by atoms with Crippen LogP contribution in [0.25, 0.3) is 0 Å². The molecule has 2 aromatic rings. The first-order valence-electron chi connectivity index (χ1n) is 12.8. The Kier molecular flexibility index (Phi) is 8.81. The molecule has 2 aromatic carbocycles. The predicted octanol–water partition coefficient (Wildman–Crippen LogP) is 8.44. The molecule has 1 N–H and O–H groups in total.